The molecule has 0 N–H and O–H groups in total. The molecule has 7 heteroatoms. The second kappa shape index (κ2) is 4.62. The van der Waals surface area contributed by atoms with Crippen LogP contribution in [0.3, 0.4) is 0 Å². The van der Waals surface area contributed by atoms with Gasteiger partial charge in [-0.3, -0.25) is 4.79 Å². The summed E-state index contributed by atoms with van der Waals surface area (Å²) in [5.74, 6) is 1.07. The lowest BCUT2D eigenvalue weighted by Crippen LogP contribution is -2.48. The molecule has 0 radical (unpaired) electrons. The third kappa shape index (κ3) is 2.46. The van der Waals surface area contributed by atoms with E-state index in [-0.39, 0.29) is 24.2 Å². The molecule has 1 saturated heterocycles. The van der Waals surface area contributed by atoms with Crippen LogP contribution in [0.5, 0.6) is 11.5 Å². The molecule has 0 aromatic heterocycles. The number of hydrogen-bond acceptors (Lipinski definition) is 5. The highest BCUT2D eigenvalue weighted by Crippen LogP contribution is 2.34. The number of sulfone groups is 1. The van der Waals surface area contributed by atoms with Gasteiger partial charge in [-0.25, -0.2) is 8.42 Å². The Kier molecular flexibility index (Phi) is 3.12. The molecule has 0 bridgehead atoms. The molecule has 6 nitrogen and oxygen atoms in total. The van der Waals surface area contributed by atoms with Crippen molar-refractivity contribution in [2.45, 2.75) is 18.9 Å². The molecule has 1 atom stereocenters. The van der Waals surface area contributed by atoms with Crippen LogP contribution in [0.15, 0.2) is 18.2 Å². The molecule has 1 fully saturated rings. The van der Waals surface area contributed by atoms with Crippen LogP contribution in [0.2, 0.25) is 0 Å². The van der Waals surface area contributed by atoms with Crippen LogP contribution >= 0.6 is 0 Å². The third-order valence-electron chi connectivity index (χ3n) is 4.22. The lowest BCUT2D eigenvalue weighted by molar-refractivity contribution is 0.0638. The van der Waals surface area contributed by atoms with Crippen LogP contribution in [0.1, 0.15) is 23.7 Å². The van der Waals surface area contributed by atoms with Gasteiger partial charge in [0.25, 0.3) is 5.91 Å². The molecule has 0 unspecified atom stereocenters. The minimum Gasteiger partial charge on any atom is -0.454 e. The maximum absolute atomic E-state index is 12.6. The van der Waals surface area contributed by atoms with E-state index >= 15 is 0 Å². The summed E-state index contributed by atoms with van der Waals surface area (Å²) >= 11 is 0. The van der Waals surface area contributed by atoms with E-state index in [1.54, 1.807) is 25.2 Å². The highest BCUT2D eigenvalue weighted by molar-refractivity contribution is 7.91. The van der Waals surface area contributed by atoms with Crippen molar-refractivity contribution < 1.29 is 22.7 Å². The minimum atomic E-state index is -3.06. The second-order valence-electron chi connectivity index (χ2n) is 5.77. The fourth-order valence-electron chi connectivity index (χ4n) is 2.73. The van der Waals surface area contributed by atoms with E-state index < -0.39 is 15.4 Å². The first-order chi connectivity index (χ1) is 9.81. The van der Waals surface area contributed by atoms with Crippen LogP contribution in [-0.2, 0) is 9.84 Å². The normalized spacial score (nSPS) is 25.8. The number of carbonyl (C=O) groups is 1. The Balaban J connectivity index is 1.85. The molecule has 1 aromatic rings. The van der Waals surface area contributed by atoms with Gasteiger partial charge in [-0.05, 0) is 31.5 Å². The van der Waals surface area contributed by atoms with E-state index in [0.717, 1.165) is 0 Å². The molecule has 2 aliphatic heterocycles. The summed E-state index contributed by atoms with van der Waals surface area (Å²) in [6.45, 7) is 1.96. The van der Waals surface area contributed by atoms with Gasteiger partial charge < -0.3 is 14.4 Å². The molecule has 2 aliphatic rings. The van der Waals surface area contributed by atoms with Crippen molar-refractivity contribution in [1.82, 2.24) is 4.90 Å². The molecule has 0 spiro atoms. The Morgan fingerprint density at radius 3 is 2.67 bits per heavy atom. The standard InChI is InChI=1S/C14H17NO5S/c1-14(5-6-21(17,18)8-14)15(2)13(16)10-3-4-11-12(7-10)20-9-19-11/h3-4,7H,5-6,8-9H2,1-2H3/t14-/m1/s1. The van der Waals surface area contributed by atoms with Crippen molar-refractivity contribution >= 4 is 15.7 Å². The van der Waals surface area contributed by atoms with E-state index in [9.17, 15) is 13.2 Å². The highest BCUT2D eigenvalue weighted by atomic mass is 32.2. The highest BCUT2D eigenvalue weighted by Gasteiger charge is 2.43. The Morgan fingerprint density at radius 2 is 2.00 bits per heavy atom. The molecule has 1 aromatic carbocycles. The summed E-state index contributed by atoms with van der Waals surface area (Å²) < 4.78 is 33.9. The van der Waals surface area contributed by atoms with Gasteiger partial charge in [0.2, 0.25) is 6.79 Å². The fourth-order valence-corrected chi connectivity index (χ4v) is 4.91. The molecular weight excluding hydrogens is 294 g/mol. The lowest BCUT2D eigenvalue weighted by atomic mass is 9.99. The second-order valence-corrected chi connectivity index (χ2v) is 7.96. The van der Waals surface area contributed by atoms with Crippen molar-refractivity contribution in [3.63, 3.8) is 0 Å². The molecule has 2 heterocycles. The van der Waals surface area contributed by atoms with Crippen LogP contribution in [0.4, 0.5) is 0 Å². The predicted octanol–water partition coefficient (Wildman–Crippen LogP) is 1.06. The maximum atomic E-state index is 12.6. The fraction of sp³-hybridized carbons (Fsp3) is 0.500. The van der Waals surface area contributed by atoms with Gasteiger partial charge >= 0.3 is 0 Å². The van der Waals surface area contributed by atoms with Gasteiger partial charge in [-0.1, -0.05) is 0 Å². The van der Waals surface area contributed by atoms with E-state index in [0.29, 0.717) is 23.5 Å². The molecule has 3 rings (SSSR count). The monoisotopic (exact) mass is 311 g/mol. The number of fused-ring (bicyclic) bond motifs is 1. The summed E-state index contributed by atoms with van der Waals surface area (Å²) in [6.07, 6.45) is 0.460. The van der Waals surface area contributed by atoms with Crippen molar-refractivity contribution in [1.29, 1.82) is 0 Å². The summed E-state index contributed by atoms with van der Waals surface area (Å²) in [6, 6.07) is 4.99. The molecule has 0 aliphatic carbocycles. The number of hydrogen-bond donors (Lipinski definition) is 0. The molecular formula is C14H17NO5S. The van der Waals surface area contributed by atoms with Crippen LogP contribution < -0.4 is 9.47 Å². The SMILES string of the molecule is CN(C(=O)c1ccc2c(c1)OCO2)[C@]1(C)CCS(=O)(=O)C1. The minimum absolute atomic E-state index is 0.00674. The lowest BCUT2D eigenvalue weighted by Gasteiger charge is -2.34. The molecule has 0 saturated carbocycles. The zero-order valence-corrected chi connectivity index (χ0v) is 12.8. The van der Waals surface area contributed by atoms with Gasteiger partial charge in [-0.2, -0.15) is 0 Å². The van der Waals surface area contributed by atoms with Gasteiger partial charge in [0.15, 0.2) is 21.3 Å². The Morgan fingerprint density at radius 1 is 1.29 bits per heavy atom. The van der Waals surface area contributed by atoms with Crippen LogP contribution in [-0.4, -0.2) is 50.1 Å². The van der Waals surface area contributed by atoms with Gasteiger partial charge in [0, 0.05) is 12.6 Å². The largest absolute Gasteiger partial charge is 0.454 e. The van der Waals surface area contributed by atoms with Crippen molar-refractivity contribution in [3.8, 4) is 11.5 Å². The maximum Gasteiger partial charge on any atom is 0.254 e. The summed E-state index contributed by atoms with van der Waals surface area (Å²) in [7, 11) is -1.42. The number of benzene rings is 1. The van der Waals surface area contributed by atoms with Gasteiger partial charge in [0.1, 0.15) is 0 Å². The van der Waals surface area contributed by atoms with E-state index in [4.69, 9.17) is 9.47 Å². The smallest absolute Gasteiger partial charge is 0.254 e. The van der Waals surface area contributed by atoms with Gasteiger partial charge in [0.05, 0.1) is 17.0 Å². The molecule has 1 amide bonds. The average molecular weight is 311 g/mol. The Hall–Kier alpha value is -1.76. The van der Waals surface area contributed by atoms with Gasteiger partial charge in [-0.15, -0.1) is 0 Å². The molecule has 21 heavy (non-hydrogen) atoms. The van der Waals surface area contributed by atoms with Crippen molar-refractivity contribution in [2.75, 3.05) is 25.3 Å². The number of nitrogens with zero attached hydrogens (tertiary/aromatic N) is 1. The zero-order valence-electron chi connectivity index (χ0n) is 12.0. The summed E-state index contributed by atoms with van der Waals surface area (Å²) in [4.78, 5) is 14.1. The number of rotatable bonds is 2. The predicted molar refractivity (Wildman–Crippen MR) is 76.3 cm³/mol. The number of ether oxygens (including phenoxy) is 2. The Bertz CT molecular complexity index is 699. The van der Waals surface area contributed by atoms with Crippen molar-refractivity contribution in [3.05, 3.63) is 23.8 Å². The first-order valence-electron chi connectivity index (χ1n) is 6.69. The summed E-state index contributed by atoms with van der Waals surface area (Å²) in [5.41, 5.74) is -0.195. The van der Waals surface area contributed by atoms with Crippen LogP contribution in [0.25, 0.3) is 0 Å². The first kappa shape index (κ1) is 14.2. The number of amides is 1. The van der Waals surface area contributed by atoms with E-state index in [1.807, 2.05) is 6.92 Å². The Labute approximate surface area is 123 Å². The van der Waals surface area contributed by atoms with E-state index in [1.165, 1.54) is 4.90 Å². The quantitative estimate of drug-likeness (QED) is 0.817. The average Bonchev–Trinajstić information content (AvgIpc) is 3.01. The van der Waals surface area contributed by atoms with E-state index in [2.05, 4.69) is 0 Å². The zero-order chi connectivity index (χ0) is 15.3. The first-order valence-corrected chi connectivity index (χ1v) is 8.51. The topological polar surface area (TPSA) is 72.9 Å². The van der Waals surface area contributed by atoms with Crippen LogP contribution in [0, 0.1) is 0 Å². The number of carbonyl (C=O) groups excluding carboxylic acids is 1. The molecule has 114 valence electrons. The third-order valence-corrected chi connectivity index (χ3v) is 6.10. The summed E-state index contributed by atoms with van der Waals surface area (Å²) in [5, 5.41) is 0. The van der Waals surface area contributed by atoms with Crippen molar-refractivity contribution in [2.24, 2.45) is 0 Å².